The van der Waals surface area contributed by atoms with Gasteiger partial charge in [0.15, 0.2) is 0 Å². The van der Waals surface area contributed by atoms with Crippen LogP contribution in [0.5, 0.6) is 5.75 Å². The van der Waals surface area contributed by atoms with Crippen LogP contribution in [0.25, 0.3) is 0 Å². The van der Waals surface area contributed by atoms with E-state index in [9.17, 15) is 19.5 Å². The van der Waals surface area contributed by atoms with Crippen molar-refractivity contribution in [3.8, 4) is 5.75 Å². The summed E-state index contributed by atoms with van der Waals surface area (Å²) in [7, 11) is 0. The molecule has 0 aliphatic heterocycles. The third kappa shape index (κ3) is 6.57. The van der Waals surface area contributed by atoms with Gasteiger partial charge in [0.05, 0.1) is 6.04 Å². The number of carbonyl (C=O) groups excluding carboxylic acids is 2. The number of hydrogen-bond acceptors (Lipinski definition) is 6. The SMILES string of the molecule is CC(C)C(N)C(=O)NC(Cc1ccc(O)cc1)C(=O)NC(CS)C(=O)O. The Morgan fingerprint density at radius 3 is 2.08 bits per heavy atom. The van der Waals surface area contributed by atoms with Gasteiger partial charge in [-0.1, -0.05) is 26.0 Å². The lowest BCUT2D eigenvalue weighted by molar-refractivity contribution is -0.141. The molecule has 0 heterocycles. The number of nitrogens with one attached hydrogen (secondary N) is 2. The number of aromatic hydroxyl groups is 1. The monoisotopic (exact) mass is 383 g/mol. The third-order valence-electron chi connectivity index (χ3n) is 3.83. The van der Waals surface area contributed by atoms with E-state index in [4.69, 9.17) is 10.8 Å². The van der Waals surface area contributed by atoms with Gasteiger partial charge in [-0.3, -0.25) is 9.59 Å². The van der Waals surface area contributed by atoms with Crippen molar-refractivity contribution in [1.29, 1.82) is 0 Å². The molecule has 26 heavy (non-hydrogen) atoms. The molecule has 0 aliphatic carbocycles. The topological polar surface area (TPSA) is 142 Å². The first-order chi connectivity index (χ1) is 12.1. The highest BCUT2D eigenvalue weighted by Gasteiger charge is 2.28. The first-order valence-corrected chi connectivity index (χ1v) is 8.76. The Morgan fingerprint density at radius 2 is 1.62 bits per heavy atom. The summed E-state index contributed by atoms with van der Waals surface area (Å²) in [6, 6.07) is 3.14. The molecule has 3 unspecified atom stereocenters. The van der Waals surface area contributed by atoms with E-state index in [0.29, 0.717) is 5.56 Å². The Labute approximate surface area is 157 Å². The largest absolute Gasteiger partial charge is 0.508 e. The number of carboxylic acids is 1. The number of rotatable bonds is 9. The van der Waals surface area contributed by atoms with Crippen LogP contribution in [0.2, 0.25) is 0 Å². The maximum atomic E-state index is 12.5. The van der Waals surface area contributed by atoms with E-state index in [1.54, 1.807) is 26.0 Å². The molecule has 0 saturated carbocycles. The molecule has 2 amide bonds. The van der Waals surface area contributed by atoms with Crippen LogP contribution in [-0.4, -0.2) is 51.9 Å². The molecule has 1 aromatic carbocycles. The van der Waals surface area contributed by atoms with Gasteiger partial charge in [-0.05, 0) is 23.6 Å². The molecular formula is C17H25N3O5S. The van der Waals surface area contributed by atoms with Crippen molar-refractivity contribution in [1.82, 2.24) is 10.6 Å². The molecule has 8 nitrogen and oxygen atoms in total. The zero-order valence-corrected chi connectivity index (χ0v) is 15.6. The molecule has 0 aromatic heterocycles. The molecule has 144 valence electrons. The smallest absolute Gasteiger partial charge is 0.327 e. The summed E-state index contributed by atoms with van der Waals surface area (Å²) in [5.74, 6) is -2.52. The minimum Gasteiger partial charge on any atom is -0.508 e. The number of carbonyl (C=O) groups is 3. The Morgan fingerprint density at radius 1 is 1.08 bits per heavy atom. The molecule has 0 bridgehead atoms. The van der Waals surface area contributed by atoms with Crippen LogP contribution in [-0.2, 0) is 20.8 Å². The molecule has 3 atom stereocenters. The zero-order chi connectivity index (χ0) is 19.9. The van der Waals surface area contributed by atoms with Gasteiger partial charge in [-0.15, -0.1) is 0 Å². The van der Waals surface area contributed by atoms with Gasteiger partial charge in [-0.2, -0.15) is 12.6 Å². The van der Waals surface area contributed by atoms with E-state index in [1.165, 1.54) is 12.1 Å². The Balaban J connectivity index is 2.96. The summed E-state index contributed by atoms with van der Waals surface area (Å²) in [5, 5.41) is 23.3. The molecule has 1 aromatic rings. The maximum Gasteiger partial charge on any atom is 0.327 e. The second-order valence-electron chi connectivity index (χ2n) is 6.28. The molecule has 0 fully saturated rings. The number of benzene rings is 1. The highest BCUT2D eigenvalue weighted by atomic mass is 32.1. The number of carboxylic acid groups (broad SMARTS) is 1. The molecule has 1 rings (SSSR count). The van der Waals surface area contributed by atoms with Gasteiger partial charge >= 0.3 is 5.97 Å². The van der Waals surface area contributed by atoms with E-state index in [1.807, 2.05) is 0 Å². The van der Waals surface area contributed by atoms with Crippen LogP contribution in [0.15, 0.2) is 24.3 Å². The molecular weight excluding hydrogens is 358 g/mol. The predicted octanol–water partition coefficient (Wildman–Crippen LogP) is -0.0980. The first kappa shape index (κ1) is 21.8. The van der Waals surface area contributed by atoms with Gasteiger partial charge in [0, 0.05) is 12.2 Å². The van der Waals surface area contributed by atoms with Gasteiger partial charge in [-0.25, -0.2) is 4.79 Å². The van der Waals surface area contributed by atoms with Crippen molar-refractivity contribution < 1.29 is 24.6 Å². The minimum absolute atomic E-state index is 0.0710. The number of hydrogen-bond donors (Lipinski definition) is 6. The van der Waals surface area contributed by atoms with Crippen molar-refractivity contribution in [3.05, 3.63) is 29.8 Å². The van der Waals surface area contributed by atoms with Crippen LogP contribution >= 0.6 is 12.6 Å². The lowest BCUT2D eigenvalue weighted by Crippen LogP contribution is -2.56. The fraction of sp³-hybridized carbons (Fsp3) is 0.471. The molecule has 0 saturated heterocycles. The highest BCUT2D eigenvalue weighted by molar-refractivity contribution is 7.80. The lowest BCUT2D eigenvalue weighted by Gasteiger charge is -2.23. The minimum atomic E-state index is -1.22. The average Bonchev–Trinajstić information content (AvgIpc) is 2.59. The number of phenols is 1. The van der Waals surface area contributed by atoms with E-state index in [2.05, 4.69) is 23.3 Å². The number of thiol groups is 1. The number of aliphatic carboxylic acids is 1. The summed E-state index contributed by atoms with van der Waals surface area (Å²) in [5.41, 5.74) is 6.49. The van der Waals surface area contributed by atoms with Crippen LogP contribution in [0.3, 0.4) is 0 Å². The Kier molecular flexibility index (Phi) is 8.40. The van der Waals surface area contributed by atoms with Crippen molar-refractivity contribution in [2.75, 3.05) is 5.75 Å². The Bertz CT molecular complexity index is 636. The second-order valence-corrected chi connectivity index (χ2v) is 6.65. The highest BCUT2D eigenvalue weighted by Crippen LogP contribution is 2.12. The fourth-order valence-electron chi connectivity index (χ4n) is 2.11. The van der Waals surface area contributed by atoms with Crippen LogP contribution in [0.1, 0.15) is 19.4 Å². The zero-order valence-electron chi connectivity index (χ0n) is 14.7. The molecule has 0 aliphatic rings. The molecule has 0 spiro atoms. The van der Waals surface area contributed by atoms with Crippen LogP contribution in [0.4, 0.5) is 0 Å². The predicted molar refractivity (Wildman–Crippen MR) is 100.0 cm³/mol. The van der Waals surface area contributed by atoms with Crippen molar-refractivity contribution >= 4 is 30.4 Å². The number of phenolic OH excluding ortho intramolecular Hbond substituents is 1. The summed E-state index contributed by atoms with van der Waals surface area (Å²) < 4.78 is 0. The summed E-state index contributed by atoms with van der Waals surface area (Å²) in [6.45, 7) is 3.56. The first-order valence-electron chi connectivity index (χ1n) is 8.13. The van der Waals surface area contributed by atoms with Gasteiger partial charge in [0.1, 0.15) is 17.8 Å². The second kappa shape index (κ2) is 10.0. The van der Waals surface area contributed by atoms with Crippen molar-refractivity contribution in [3.63, 3.8) is 0 Å². The number of amides is 2. The fourth-order valence-corrected chi connectivity index (χ4v) is 2.35. The number of nitrogens with two attached hydrogens (primary N) is 1. The van der Waals surface area contributed by atoms with E-state index >= 15 is 0 Å². The van der Waals surface area contributed by atoms with Gasteiger partial charge in [0.25, 0.3) is 0 Å². The molecule has 9 heteroatoms. The summed E-state index contributed by atoms with van der Waals surface area (Å²) in [6.07, 6.45) is 0.113. The third-order valence-corrected chi connectivity index (χ3v) is 4.19. The van der Waals surface area contributed by atoms with E-state index in [-0.39, 0.29) is 23.8 Å². The maximum absolute atomic E-state index is 12.5. The lowest BCUT2D eigenvalue weighted by atomic mass is 10.0. The Hall–Kier alpha value is -2.26. The van der Waals surface area contributed by atoms with Crippen LogP contribution < -0.4 is 16.4 Å². The van der Waals surface area contributed by atoms with E-state index in [0.717, 1.165) is 0 Å². The summed E-state index contributed by atoms with van der Waals surface area (Å²) in [4.78, 5) is 35.9. The average molecular weight is 383 g/mol. The van der Waals surface area contributed by atoms with E-state index < -0.39 is 35.9 Å². The normalized spacial score (nSPS) is 14.3. The van der Waals surface area contributed by atoms with Crippen molar-refractivity contribution in [2.24, 2.45) is 11.7 Å². The standard InChI is InChI=1S/C17H25N3O5S/c1-9(2)14(18)16(23)19-12(7-10-3-5-11(21)6-4-10)15(22)20-13(8-26)17(24)25/h3-6,9,12-14,21,26H,7-8,18H2,1-2H3,(H,19,23)(H,20,22)(H,24,25). The van der Waals surface area contributed by atoms with Crippen LogP contribution in [0, 0.1) is 5.92 Å². The quantitative estimate of drug-likeness (QED) is 0.329. The summed E-state index contributed by atoms with van der Waals surface area (Å²) >= 11 is 3.91. The van der Waals surface area contributed by atoms with Gasteiger partial charge in [0.2, 0.25) is 11.8 Å². The van der Waals surface area contributed by atoms with Crippen molar-refractivity contribution in [2.45, 2.75) is 38.4 Å². The van der Waals surface area contributed by atoms with Gasteiger partial charge < -0.3 is 26.6 Å². The molecule has 6 N–H and O–H groups in total. The molecule has 0 radical (unpaired) electrons.